The first-order valence-corrected chi connectivity index (χ1v) is 9.66. The topological polar surface area (TPSA) is 76.4 Å². The van der Waals surface area contributed by atoms with Crippen molar-refractivity contribution in [3.63, 3.8) is 0 Å². The molecule has 2 atom stereocenters. The first kappa shape index (κ1) is 18.9. The molecule has 1 aromatic carbocycles. The van der Waals surface area contributed by atoms with Crippen molar-refractivity contribution in [2.24, 2.45) is 11.3 Å². The monoisotopic (exact) mass is 355 g/mol. The third-order valence-electron chi connectivity index (χ3n) is 6.07. The van der Waals surface area contributed by atoms with Crippen molar-refractivity contribution in [3.8, 4) is 6.07 Å². The predicted octanol–water partition coefficient (Wildman–Crippen LogP) is 2.66. The fourth-order valence-corrected chi connectivity index (χ4v) is 4.01. The Morgan fingerprint density at radius 3 is 2.54 bits per heavy atom. The smallest absolute Gasteiger partial charge is 0.304 e. The van der Waals surface area contributed by atoms with Crippen LogP contribution in [0.4, 0.5) is 0 Å². The van der Waals surface area contributed by atoms with E-state index in [4.69, 9.17) is 10.4 Å². The van der Waals surface area contributed by atoms with Crippen LogP contribution in [0.15, 0.2) is 24.3 Å². The molecule has 0 radical (unpaired) electrons. The van der Waals surface area contributed by atoms with Gasteiger partial charge in [-0.1, -0.05) is 19.1 Å². The lowest BCUT2D eigenvalue weighted by atomic mass is 9.73. The fraction of sp³-hybridized carbons (Fsp3) is 0.619. The molecule has 5 heteroatoms. The molecule has 1 aliphatic heterocycles. The van der Waals surface area contributed by atoms with Crippen LogP contribution in [0.2, 0.25) is 0 Å². The van der Waals surface area contributed by atoms with Crippen LogP contribution in [0.5, 0.6) is 0 Å². The molecule has 1 heterocycles. The van der Waals surface area contributed by atoms with Crippen molar-refractivity contribution in [1.82, 2.24) is 10.2 Å². The number of piperidine rings is 1. The minimum atomic E-state index is -0.719. The van der Waals surface area contributed by atoms with Crippen LogP contribution in [-0.2, 0) is 11.2 Å². The van der Waals surface area contributed by atoms with Crippen molar-refractivity contribution < 1.29 is 9.90 Å². The number of nitrogens with one attached hydrogen (secondary N) is 1. The molecule has 1 saturated heterocycles. The van der Waals surface area contributed by atoms with E-state index >= 15 is 0 Å². The standard InChI is InChI=1S/C21H29N3O2/c1-16-12-19(16)23-15-21(13-17-2-4-18(14-22)5-3-17)7-10-24(11-8-21)9-6-20(25)26/h2-5,16,19,23H,6-13,15H2,1H3,(H,25,26)/t16-,19-/m1/s1. The van der Waals surface area contributed by atoms with Crippen LogP contribution in [0.3, 0.4) is 0 Å². The second-order valence-electron chi connectivity index (χ2n) is 8.17. The second-order valence-corrected chi connectivity index (χ2v) is 8.17. The Morgan fingerprint density at radius 2 is 2.00 bits per heavy atom. The summed E-state index contributed by atoms with van der Waals surface area (Å²) in [5, 5.41) is 21.7. The zero-order chi connectivity index (χ0) is 18.6. The van der Waals surface area contributed by atoms with Gasteiger partial charge >= 0.3 is 5.97 Å². The first-order valence-electron chi connectivity index (χ1n) is 9.66. The van der Waals surface area contributed by atoms with Gasteiger partial charge in [-0.3, -0.25) is 4.79 Å². The Balaban J connectivity index is 1.62. The highest BCUT2D eigenvalue weighted by molar-refractivity contribution is 5.66. The van der Waals surface area contributed by atoms with E-state index in [2.05, 4.69) is 35.3 Å². The number of nitriles is 1. The summed E-state index contributed by atoms with van der Waals surface area (Å²) in [6.07, 6.45) is 4.68. The van der Waals surface area contributed by atoms with Crippen molar-refractivity contribution in [2.75, 3.05) is 26.2 Å². The normalized spacial score (nSPS) is 24.8. The van der Waals surface area contributed by atoms with Crippen LogP contribution in [0, 0.1) is 22.7 Å². The van der Waals surface area contributed by atoms with Gasteiger partial charge in [0.2, 0.25) is 0 Å². The zero-order valence-corrected chi connectivity index (χ0v) is 15.6. The summed E-state index contributed by atoms with van der Waals surface area (Å²) in [4.78, 5) is 13.1. The molecule has 3 rings (SSSR count). The molecule has 0 unspecified atom stereocenters. The fourth-order valence-electron chi connectivity index (χ4n) is 4.01. The van der Waals surface area contributed by atoms with E-state index in [0.29, 0.717) is 18.2 Å². The van der Waals surface area contributed by atoms with Gasteiger partial charge in [-0.15, -0.1) is 0 Å². The quantitative estimate of drug-likeness (QED) is 0.750. The number of carboxylic acid groups (broad SMARTS) is 1. The molecule has 0 bridgehead atoms. The molecule has 0 spiro atoms. The largest absolute Gasteiger partial charge is 0.481 e. The molecule has 2 aliphatic rings. The van der Waals surface area contributed by atoms with Gasteiger partial charge in [0.1, 0.15) is 0 Å². The van der Waals surface area contributed by atoms with E-state index < -0.39 is 5.97 Å². The number of carboxylic acids is 1. The summed E-state index contributed by atoms with van der Waals surface area (Å²) in [6.45, 7) is 5.89. The SMILES string of the molecule is C[C@@H]1C[C@H]1NCC1(Cc2ccc(C#N)cc2)CCN(CCC(=O)O)CC1. The number of hydrogen-bond donors (Lipinski definition) is 2. The highest BCUT2D eigenvalue weighted by atomic mass is 16.4. The second kappa shape index (κ2) is 8.20. The van der Waals surface area contributed by atoms with Gasteiger partial charge in [0.05, 0.1) is 18.1 Å². The maximum absolute atomic E-state index is 10.8. The molecular weight excluding hydrogens is 326 g/mol. The van der Waals surface area contributed by atoms with Gasteiger partial charge < -0.3 is 15.3 Å². The number of hydrogen-bond acceptors (Lipinski definition) is 4. The number of rotatable bonds is 8. The summed E-state index contributed by atoms with van der Waals surface area (Å²) < 4.78 is 0. The maximum Gasteiger partial charge on any atom is 0.304 e. The minimum absolute atomic E-state index is 0.218. The van der Waals surface area contributed by atoms with Crippen LogP contribution < -0.4 is 5.32 Å². The van der Waals surface area contributed by atoms with E-state index in [1.165, 1.54) is 12.0 Å². The Hall–Kier alpha value is -1.90. The molecule has 1 aromatic rings. The molecule has 140 valence electrons. The number of carbonyl (C=O) groups is 1. The van der Waals surface area contributed by atoms with Crippen molar-refractivity contribution in [2.45, 2.75) is 45.1 Å². The average Bonchev–Trinajstić information content (AvgIpc) is 3.36. The molecule has 0 amide bonds. The Morgan fingerprint density at radius 1 is 1.35 bits per heavy atom. The van der Waals surface area contributed by atoms with Crippen LogP contribution in [0.1, 0.15) is 43.7 Å². The van der Waals surface area contributed by atoms with E-state index in [1.807, 2.05) is 12.1 Å². The van der Waals surface area contributed by atoms with Gasteiger partial charge in [-0.25, -0.2) is 0 Å². The molecule has 1 aliphatic carbocycles. The number of nitrogens with zero attached hydrogens (tertiary/aromatic N) is 2. The molecule has 2 fully saturated rings. The maximum atomic E-state index is 10.8. The summed E-state index contributed by atoms with van der Waals surface area (Å²) in [7, 11) is 0. The Kier molecular flexibility index (Phi) is 5.95. The summed E-state index contributed by atoms with van der Waals surface area (Å²) in [5.41, 5.74) is 2.21. The number of aliphatic carboxylic acids is 1. The molecular formula is C21H29N3O2. The summed E-state index contributed by atoms with van der Waals surface area (Å²) in [6, 6.07) is 10.8. The van der Waals surface area contributed by atoms with Crippen LogP contribution in [0.25, 0.3) is 0 Å². The Bertz CT molecular complexity index is 657. The zero-order valence-electron chi connectivity index (χ0n) is 15.6. The van der Waals surface area contributed by atoms with E-state index in [9.17, 15) is 4.79 Å². The lowest BCUT2D eigenvalue weighted by molar-refractivity contribution is -0.137. The highest BCUT2D eigenvalue weighted by Gasteiger charge is 2.38. The highest BCUT2D eigenvalue weighted by Crippen LogP contribution is 2.37. The molecule has 0 aromatic heterocycles. The molecule has 1 saturated carbocycles. The van der Waals surface area contributed by atoms with Gasteiger partial charge in [0, 0.05) is 19.1 Å². The van der Waals surface area contributed by atoms with Crippen molar-refractivity contribution in [3.05, 3.63) is 35.4 Å². The summed E-state index contributed by atoms with van der Waals surface area (Å²) in [5.74, 6) is 0.0708. The number of likely N-dealkylation sites (tertiary alicyclic amines) is 1. The van der Waals surface area contributed by atoms with Gasteiger partial charge in [0.15, 0.2) is 0 Å². The van der Waals surface area contributed by atoms with Crippen LogP contribution in [-0.4, -0.2) is 48.2 Å². The summed E-state index contributed by atoms with van der Waals surface area (Å²) >= 11 is 0. The van der Waals surface area contributed by atoms with E-state index in [0.717, 1.165) is 44.8 Å². The molecule has 26 heavy (non-hydrogen) atoms. The van der Waals surface area contributed by atoms with E-state index in [-0.39, 0.29) is 11.8 Å². The van der Waals surface area contributed by atoms with Gasteiger partial charge in [-0.05, 0) is 67.8 Å². The predicted molar refractivity (Wildman–Crippen MR) is 101 cm³/mol. The van der Waals surface area contributed by atoms with Crippen molar-refractivity contribution >= 4 is 5.97 Å². The molecule has 2 N–H and O–H groups in total. The first-order chi connectivity index (χ1) is 12.5. The lowest BCUT2D eigenvalue weighted by Gasteiger charge is -2.42. The average molecular weight is 355 g/mol. The van der Waals surface area contributed by atoms with Gasteiger partial charge in [-0.2, -0.15) is 5.26 Å². The van der Waals surface area contributed by atoms with E-state index in [1.54, 1.807) is 0 Å². The lowest BCUT2D eigenvalue weighted by Crippen LogP contribution is -2.47. The van der Waals surface area contributed by atoms with Crippen molar-refractivity contribution in [1.29, 1.82) is 5.26 Å². The third-order valence-corrected chi connectivity index (χ3v) is 6.07. The number of benzene rings is 1. The molecule has 5 nitrogen and oxygen atoms in total. The van der Waals surface area contributed by atoms with Crippen LogP contribution >= 0.6 is 0 Å². The van der Waals surface area contributed by atoms with Gasteiger partial charge in [0.25, 0.3) is 0 Å². The Labute approximate surface area is 156 Å². The third kappa shape index (κ3) is 5.06. The minimum Gasteiger partial charge on any atom is -0.481 e.